The molecule has 106 valence electrons. The molecule has 1 heterocycles. The quantitative estimate of drug-likeness (QED) is 0.615. The van der Waals surface area contributed by atoms with Crippen molar-refractivity contribution in [3.8, 4) is 0 Å². The van der Waals surface area contributed by atoms with Gasteiger partial charge in [-0.25, -0.2) is 4.62 Å². The first-order valence-corrected chi connectivity index (χ1v) is 6.98. The highest BCUT2D eigenvalue weighted by atomic mass is 31.1. The topological polar surface area (TPSA) is 72.9 Å². The number of rotatable bonds is 5. The van der Waals surface area contributed by atoms with Gasteiger partial charge < -0.3 is 4.52 Å². The zero-order valence-corrected chi connectivity index (χ0v) is 12.1. The number of amides is 2. The van der Waals surface area contributed by atoms with Crippen molar-refractivity contribution in [2.75, 3.05) is 0 Å². The van der Waals surface area contributed by atoms with Crippen LogP contribution in [0.5, 0.6) is 0 Å². The molecule has 1 aromatic carbocycles. The Labute approximate surface area is 117 Å². The average molecular weight is 295 g/mol. The third-order valence-corrected chi connectivity index (χ3v) is 3.58. The van der Waals surface area contributed by atoms with E-state index in [1.54, 1.807) is 31.2 Å². The van der Waals surface area contributed by atoms with Gasteiger partial charge in [0.25, 0.3) is 11.8 Å². The maximum absolute atomic E-state index is 11.9. The Morgan fingerprint density at radius 2 is 1.80 bits per heavy atom. The van der Waals surface area contributed by atoms with E-state index in [1.165, 1.54) is 0 Å². The Kier molecular flexibility index (Phi) is 4.47. The van der Waals surface area contributed by atoms with Crippen molar-refractivity contribution in [1.29, 1.82) is 0 Å². The zero-order chi connectivity index (χ0) is 14.7. The number of benzene rings is 1. The van der Waals surface area contributed by atoms with Gasteiger partial charge >= 0.3 is 5.97 Å². The molecule has 0 aromatic heterocycles. The molecule has 0 aliphatic carbocycles. The van der Waals surface area contributed by atoms with Gasteiger partial charge in [-0.05, 0) is 18.6 Å². The first-order valence-electron chi connectivity index (χ1n) is 6.16. The van der Waals surface area contributed by atoms with Crippen molar-refractivity contribution in [3.63, 3.8) is 0 Å². The number of carbonyl (C=O) groups excluding carboxylic acids is 3. The number of hydrogen-bond acceptors (Lipinski definition) is 5. The summed E-state index contributed by atoms with van der Waals surface area (Å²) in [5.74, 6) is -1.74. The molecule has 1 aliphatic rings. The summed E-state index contributed by atoms with van der Waals surface area (Å²) in [7, 11) is -0.723. The molecule has 2 amide bonds. The minimum Gasteiger partial charge on any atom is -0.417 e. The highest BCUT2D eigenvalue weighted by Gasteiger charge is 2.37. The van der Waals surface area contributed by atoms with Crippen LogP contribution in [0, 0.1) is 5.92 Å². The van der Waals surface area contributed by atoms with E-state index in [4.69, 9.17) is 9.15 Å². The normalized spacial score (nSPS) is 15.8. The number of hydrogen-bond donors (Lipinski definition) is 0. The molecule has 1 aliphatic heterocycles. The molecule has 7 heteroatoms. The first kappa shape index (κ1) is 14.6. The molecular formula is C13H14NO5P. The zero-order valence-electron chi connectivity index (χ0n) is 11.1. The standard InChI is InChI=1S/C13H14NO5P/c1-3-8(2)13(17)18-20-19-14-11(15)9-6-4-5-7-10(9)12(14)16/h4-8,20H,3H2,1-2H3. The van der Waals surface area contributed by atoms with Gasteiger partial charge in [0.15, 0.2) is 0 Å². The second-order valence-electron chi connectivity index (χ2n) is 4.36. The van der Waals surface area contributed by atoms with Crippen LogP contribution in [0.25, 0.3) is 0 Å². The molecule has 0 radical (unpaired) electrons. The molecule has 0 bridgehead atoms. The summed E-state index contributed by atoms with van der Waals surface area (Å²) in [4.78, 5) is 35.3. The van der Waals surface area contributed by atoms with E-state index in [0.717, 1.165) is 0 Å². The van der Waals surface area contributed by atoms with Gasteiger partial charge in [0, 0.05) is 0 Å². The Morgan fingerprint density at radius 3 is 2.30 bits per heavy atom. The second-order valence-corrected chi connectivity index (χ2v) is 4.91. The van der Waals surface area contributed by atoms with E-state index in [9.17, 15) is 14.4 Å². The third-order valence-electron chi connectivity index (χ3n) is 3.04. The third kappa shape index (κ3) is 2.71. The molecule has 1 aromatic rings. The van der Waals surface area contributed by atoms with Crippen LogP contribution in [0.3, 0.4) is 0 Å². The van der Waals surface area contributed by atoms with Crippen molar-refractivity contribution in [2.24, 2.45) is 5.92 Å². The Hall–Kier alpha value is -1.78. The van der Waals surface area contributed by atoms with Gasteiger partial charge in [-0.3, -0.25) is 14.4 Å². The number of carbonyl (C=O) groups is 3. The molecule has 6 nitrogen and oxygen atoms in total. The summed E-state index contributed by atoms with van der Waals surface area (Å²) in [6.07, 6.45) is 0.649. The lowest BCUT2D eigenvalue weighted by atomic mass is 10.1. The summed E-state index contributed by atoms with van der Waals surface area (Å²) in [5.41, 5.74) is 0.575. The summed E-state index contributed by atoms with van der Waals surface area (Å²) in [5, 5.41) is 0.632. The highest BCUT2D eigenvalue weighted by molar-refractivity contribution is 7.27. The van der Waals surface area contributed by atoms with E-state index in [-0.39, 0.29) is 17.0 Å². The second kappa shape index (κ2) is 6.11. The minimum absolute atomic E-state index is 0.242. The van der Waals surface area contributed by atoms with E-state index >= 15 is 0 Å². The maximum atomic E-state index is 11.9. The van der Waals surface area contributed by atoms with Gasteiger partial charge in [0.2, 0.25) is 9.03 Å². The Balaban J connectivity index is 1.95. The van der Waals surface area contributed by atoms with Crippen LogP contribution in [-0.4, -0.2) is 22.8 Å². The molecule has 2 unspecified atom stereocenters. The van der Waals surface area contributed by atoms with Crippen molar-refractivity contribution in [1.82, 2.24) is 5.06 Å². The van der Waals surface area contributed by atoms with E-state index in [0.29, 0.717) is 11.5 Å². The average Bonchev–Trinajstić information content (AvgIpc) is 2.71. The number of imide groups is 1. The molecule has 0 saturated heterocycles. The van der Waals surface area contributed by atoms with E-state index < -0.39 is 26.8 Å². The van der Waals surface area contributed by atoms with Crippen molar-refractivity contribution < 1.29 is 23.5 Å². The number of nitrogens with zero attached hydrogens (tertiary/aromatic N) is 1. The molecule has 0 saturated carbocycles. The predicted octanol–water partition coefficient (Wildman–Crippen LogP) is 2.31. The van der Waals surface area contributed by atoms with Crippen molar-refractivity contribution >= 4 is 26.8 Å². The van der Waals surface area contributed by atoms with Crippen LogP contribution in [0.4, 0.5) is 0 Å². The van der Waals surface area contributed by atoms with E-state index in [1.807, 2.05) is 6.92 Å². The minimum atomic E-state index is -0.723. The number of hydroxylamine groups is 2. The fourth-order valence-corrected chi connectivity index (χ4v) is 2.18. The predicted molar refractivity (Wildman–Crippen MR) is 71.9 cm³/mol. The van der Waals surface area contributed by atoms with Gasteiger partial charge in [0.1, 0.15) is 0 Å². The number of fused-ring (bicyclic) bond motifs is 1. The smallest absolute Gasteiger partial charge is 0.313 e. The van der Waals surface area contributed by atoms with Crippen LogP contribution in [0.2, 0.25) is 0 Å². The van der Waals surface area contributed by atoms with E-state index in [2.05, 4.69) is 0 Å². The fraction of sp³-hybridized carbons (Fsp3) is 0.308. The molecular weight excluding hydrogens is 281 g/mol. The summed E-state index contributed by atoms with van der Waals surface area (Å²) >= 11 is 0. The Morgan fingerprint density at radius 1 is 1.25 bits per heavy atom. The van der Waals surface area contributed by atoms with Gasteiger partial charge in [0.05, 0.1) is 17.0 Å². The summed E-state index contributed by atoms with van der Waals surface area (Å²) in [6.45, 7) is 3.59. The maximum Gasteiger partial charge on any atom is 0.313 e. The lowest BCUT2D eigenvalue weighted by molar-refractivity contribution is -0.138. The monoisotopic (exact) mass is 295 g/mol. The van der Waals surface area contributed by atoms with Gasteiger partial charge in [-0.1, -0.05) is 26.0 Å². The molecule has 2 atom stereocenters. The largest absolute Gasteiger partial charge is 0.417 e. The van der Waals surface area contributed by atoms with Crippen LogP contribution in [0.15, 0.2) is 24.3 Å². The molecule has 0 spiro atoms. The van der Waals surface area contributed by atoms with Crippen LogP contribution in [0.1, 0.15) is 41.0 Å². The SMILES string of the molecule is CCC(C)C(=O)OPON1C(=O)c2ccccc2C1=O. The summed E-state index contributed by atoms with van der Waals surface area (Å²) in [6, 6.07) is 6.43. The molecule has 2 rings (SSSR count). The van der Waals surface area contributed by atoms with Crippen LogP contribution >= 0.6 is 9.03 Å². The van der Waals surface area contributed by atoms with Crippen molar-refractivity contribution in [3.05, 3.63) is 35.4 Å². The first-order chi connectivity index (χ1) is 9.56. The van der Waals surface area contributed by atoms with Crippen LogP contribution in [-0.2, 0) is 13.9 Å². The Bertz CT molecular complexity index is 524. The van der Waals surface area contributed by atoms with Crippen LogP contribution < -0.4 is 0 Å². The lowest BCUT2D eigenvalue weighted by Gasteiger charge is -2.13. The fourth-order valence-electron chi connectivity index (χ4n) is 1.61. The van der Waals surface area contributed by atoms with Gasteiger partial charge in [-0.2, -0.15) is 0 Å². The molecule has 0 fully saturated rings. The summed E-state index contributed by atoms with van der Waals surface area (Å²) < 4.78 is 9.87. The highest BCUT2D eigenvalue weighted by Crippen LogP contribution is 2.28. The molecule has 20 heavy (non-hydrogen) atoms. The lowest BCUT2D eigenvalue weighted by Crippen LogP contribution is -2.27. The molecule has 0 N–H and O–H groups in total. The van der Waals surface area contributed by atoms with Gasteiger partial charge in [-0.15, -0.1) is 5.06 Å². The van der Waals surface area contributed by atoms with Crippen molar-refractivity contribution in [2.45, 2.75) is 20.3 Å².